The number of nitrogens with zero attached hydrogens (tertiary/aromatic N) is 2. The quantitative estimate of drug-likeness (QED) is 0.507. The maximum atomic E-state index is 12.5. The predicted octanol–water partition coefficient (Wildman–Crippen LogP) is 4.60. The molecule has 0 aromatic heterocycles. The summed E-state index contributed by atoms with van der Waals surface area (Å²) in [6.07, 6.45) is 1.04. The molecule has 1 amide bonds. The highest BCUT2D eigenvalue weighted by atomic mass is 16.5. The molecule has 0 atom stereocenters. The molecule has 0 saturated carbocycles. The van der Waals surface area contributed by atoms with Crippen LogP contribution in [0.4, 0.5) is 11.4 Å². The van der Waals surface area contributed by atoms with Crippen molar-refractivity contribution in [3.05, 3.63) is 83.9 Å². The molecule has 178 valence electrons. The van der Waals surface area contributed by atoms with E-state index in [4.69, 9.17) is 9.47 Å². The highest BCUT2D eigenvalue weighted by Gasteiger charge is 2.17. The lowest BCUT2D eigenvalue weighted by atomic mass is 10.1. The minimum absolute atomic E-state index is 0.00272. The number of nitrogens with one attached hydrogen (secondary N) is 1. The second-order valence-electron chi connectivity index (χ2n) is 8.53. The van der Waals surface area contributed by atoms with Crippen LogP contribution in [-0.2, 0) is 17.8 Å². The van der Waals surface area contributed by atoms with E-state index >= 15 is 0 Å². The number of ether oxygens (including phenoxy) is 2. The second-order valence-corrected chi connectivity index (χ2v) is 8.53. The van der Waals surface area contributed by atoms with Crippen molar-refractivity contribution in [2.24, 2.45) is 0 Å². The molecule has 3 aromatic carbocycles. The van der Waals surface area contributed by atoms with Crippen molar-refractivity contribution in [2.45, 2.75) is 19.4 Å². The van der Waals surface area contributed by atoms with Gasteiger partial charge in [0, 0.05) is 50.5 Å². The molecule has 6 nitrogen and oxygen atoms in total. The molecule has 1 aliphatic heterocycles. The summed E-state index contributed by atoms with van der Waals surface area (Å²) >= 11 is 0. The zero-order chi connectivity index (χ0) is 23.8. The Morgan fingerprint density at radius 2 is 1.53 bits per heavy atom. The number of carbonyl (C=O) groups is 1. The molecule has 0 aliphatic carbocycles. The fourth-order valence-electron chi connectivity index (χ4n) is 4.28. The summed E-state index contributed by atoms with van der Waals surface area (Å²) in [4.78, 5) is 17.4. The molecule has 1 saturated heterocycles. The van der Waals surface area contributed by atoms with Gasteiger partial charge in [-0.3, -0.25) is 9.69 Å². The fourth-order valence-corrected chi connectivity index (χ4v) is 4.28. The van der Waals surface area contributed by atoms with E-state index in [0.717, 1.165) is 44.0 Å². The van der Waals surface area contributed by atoms with Crippen LogP contribution in [0, 0.1) is 0 Å². The van der Waals surface area contributed by atoms with Crippen LogP contribution in [0.3, 0.4) is 0 Å². The van der Waals surface area contributed by atoms with Crippen LogP contribution in [0.5, 0.6) is 11.5 Å². The summed E-state index contributed by atoms with van der Waals surface area (Å²) in [5, 5.41) is 3.01. The first kappa shape index (κ1) is 23.6. The molecule has 1 fully saturated rings. The number of aryl methyl sites for hydroxylation is 1. The van der Waals surface area contributed by atoms with Crippen LogP contribution in [0.1, 0.15) is 17.5 Å². The van der Waals surface area contributed by atoms with E-state index in [0.29, 0.717) is 24.3 Å². The van der Waals surface area contributed by atoms with Crippen molar-refractivity contribution < 1.29 is 14.3 Å². The van der Waals surface area contributed by atoms with Gasteiger partial charge in [-0.25, -0.2) is 0 Å². The normalized spacial score (nSPS) is 14.0. The van der Waals surface area contributed by atoms with Gasteiger partial charge >= 0.3 is 0 Å². The van der Waals surface area contributed by atoms with Crippen molar-refractivity contribution in [2.75, 3.05) is 50.6 Å². The molecule has 34 heavy (non-hydrogen) atoms. The number of anilines is 2. The molecular weight excluding hydrogens is 426 g/mol. The highest BCUT2D eigenvalue weighted by Crippen LogP contribution is 2.28. The number of carbonyl (C=O) groups excluding carboxylic acids is 1. The molecular formula is C28H33N3O3. The van der Waals surface area contributed by atoms with Crippen molar-refractivity contribution in [1.82, 2.24) is 4.90 Å². The Morgan fingerprint density at radius 1 is 0.824 bits per heavy atom. The van der Waals surface area contributed by atoms with Gasteiger partial charge in [0.15, 0.2) is 11.5 Å². The van der Waals surface area contributed by atoms with Crippen LogP contribution < -0.4 is 19.7 Å². The Labute approximate surface area is 202 Å². The Balaban J connectivity index is 1.23. The molecule has 6 heteroatoms. The number of amides is 1. The minimum Gasteiger partial charge on any atom is -0.493 e. The molecule has 0 unspecified atom stereocenters. The van der Waals surface area contributed by atoms with E-state index < -0.39 is 0 Å². The zero-order valence-electron chi connectivity index (χ0n) is 20.0. The number of methoxy groups -OCH3 is 2. The van der Waals surface area contributed by atoms with Gasteiger partial charge in [0.2, 0.25) is 5.91 Å². The Morgan fingerprint density at radius 3 is 2.21 bits per heavy atom. The first-order valence-electron chi connectivity index (χ1n) is 11.8. The summed E-state index contributed by atoms with van der Waals surface area (Å²) in [7, 11) is 3.23. The van der Waals surface area contributed by atoms with E-state index in [9.17, 15) is 4.79 Å². The topological polar surface area (TPSA) is 54.0 Å². The summed E-state index contributed by atoms with van der Waals surface area (Å²) in [5.74, 6) is 1.36. The number of hydrogen-bond acceptors (Lipinski definition) is 5. The Bertz CT molecular complexity index is 1060. The van der Waals surface area contributed by atoms with Gasteiger partial charge in [-0.05, 0) is 53.9 Å². The number of piperazine rings is 1. The predicted molar refractivity (Wildman–Crippen MR) is 137 cm³/mol. The molecule has 3 aromatic rings. The summed E-state index contributed by atoms with van der Waals surface area (Å²) in [6, 6.07) is 24.5. The van der Waals surface area contributed by atoms with Crippen molar-refractivity contribution in [1.29, 1.82) is 0 Å². The lowest BCUT2D eigenvalue weighted by Crippen LogP contribution is -2.45. The van der Waals surface area contributed by atoms with Gasteiger partial charge in [-0.1, -0.05) is 36.4 Å². The fraction of sp³-hybridized carbons (Fsp3) is 0.321. The maximum absolute atomic E-state index is 12.5. The van der Waals surface area contributed by atoms with E-state index in [1.165, 1.54) is 11.3 Å². The van der Waals surface area contributed by atoms with Gasteiger partial charge in [0.1, 0.15) is 0 Å². The van der Waals surface area contributed by atoms with Crippen LogP contribution in [0.15, 0.2) is 72.8 Å². The number of benzene rings is 3. The second kappa shape index (κ2) is 11.6. The van der Waals surface area contributed by atoms with E-state index in [-0.39, 0.29) is 5.91 Å². The maximum Gasteiger partial charge on any atom is 0.224 e. The lowest BCUT2D eigenvalue weighted by molar-refractivity contribution is -0.116. The Hall–Kier alpha value is -3.51. The third kappa shape index (κ3) is 6.29. The van der Waals surface area contributed by atoms with Crippen molar-refractivity contribution >= 4 is 17.3 Å². The lowest BCUT2D eigenvalue weighted by Gasteiger charge is -2.36. The summed E-state index contributed by atoms with van der Waals surface area (Å²) < 4.78 is 10.6. The van der Waals surface area contributed by atoms with Crippen LogP contribution in [0.25, 0.3) is 0 Å². The van der Waals surface area contributed by atoms with E-state index in [1.807, 2.05) is 30.3 Å². The van der Waals surface area contributed by atoms with E-state index in [1.54, 1.807) is 14.2 Å². The number of rotatable bonds is 9. The first-order chi connectivity index (χ1) is 16.6. The van der Waals surface area contributed by atoms with E-state index in [2.05, 4.69) is 57.6 Å². The third-order valence-electron chi connectivity index (χ3n) is 6.23. The molecule has 1 heterocycles. The molecule has 0 radical (unpaired) electrons. The zero-order valence-corrected chi connectivity index (χ0v) is 20.0. The molecule has 1 N–H and O–H groups in total. The SMILES string of the molecule is COc1ccc(CCC(=O)Nc2ccc(N3CCN(Cc4ccccc4)CC3)cc2)cc1OC. The van der Waals surface area contributed by atoms with Gasteiger partial charge in [0.25, 0.3) is 0 Å². The van der Waals surface area contributed by atoms with Gasteiger partial charge in [0.05, 0.1) is 14.2 Å². The molecule has 1 aliphatic rings. The minimum atomic E-state index is -0.00272. The summed E-state index contributed by atoms with van der Waals surface area (Å²) in [6.45, 7) is 5.10. The van der Waals surface area contributed by atoms with Gasteiger partial charge in [-0.15, -0.1) is 0 Å². The third-order valence-corrected chi connectivity index (χ3v) is 6.23. The van der Waals surface area contributed by atoms with Crippen molar-refractivity contribution in [3.8, 4) is 11.5 Å². The highest BCUT2D eigenvalue weighted by molar-refractivity contribution is 5.91. The standard InChI is InChI=1S/C28H33N3O3/c1-33-26-14-8-22(20-27(26)34-2)9-15-28(32)29-24-10-12-25(13-11-24)31-18-16-30(17-19-31)21-23-6-4-3-5-7-23/h3-8,10-14,20H,9,15-19,21H2,1-2H3,(H,29,32). The number of hydrogen-bond donors (Lipinski definition) is 1. The molecule has 0 spiro atoms. The van der Waals surface area contributed by atoms with Crippen LogP contribution >= 0.6 is 0 Å². The average Bonchev–Trinajstić information content (AvgIpc) is 2.89. The molecule has 4 rings (SSSR count). The molecule has 0 bridgehead atoms. The van der Waals surface area contributed by atoms with Crippen molar-refractivity contribution in [3.63, 3.8) is 0 Å². The van der Waals surface area contributed by atoms with Gasteiger partial charge < -0.3 is 19.7 Å². The first-order valence-corrected chi connectivity index (χ1v) is 11.8. The largest absolute Gasteiger partial charge is 0.493 e. The van der Waals surface area contributed by atoms with Gasteiger partial charge in [-0.2, -0.15) is 0 Å². The Kier molecular flexibility index (Phi) is 8.04. The summed E-state index contributed by atoms with van der Waals surface area (Å²) in [5.41, 5.74) is 4.42. The van der Waals surface area contributed by atoms with Crippen LogP contribution in [0.2, 0.25) is 0 Å². The average molecular weight is 460 g/mol. The smallest absolute Gasteiger partial charge is 0.224 e. The monoisotopic (exact) mass is 459 g/mol. The van der Waals surface area contributed by atoms with Crippen LogP contribution in [-0.4, -0.2) is 51.2 Å².